The van der Waals surface area contributed by atoms with Crippen molar-refractivity contribution in [3.05, 3.63) is 59.7 Å². The first-order chi connectivity index (χ1) is 12.7. The van der Waals surface area contributed by atoms with Gasteiger partial charge in [-0.1, -0.05) is 43.3 Å². The molecule has 1 N–H and O–H groups in total. The van der Waals surface area contributed by atoms with E-state index in [-0.39, 0.29) is 5.91 Å². The first kappa shape index (κ1) is 18.6. The highest BCUT2D eigenvalue weighted by atomic mass is 16.1. The number of aryl methyl sites for hydroxylation is 1. The largest absolute Gasteiger partial charge is 0.351 e. The highest BCUT2D eigenvalue weighted by Gasteiger charge is 2.14. The molecule has 3 rings (SSSR count). The van der Waals surface area contributed by atoms with Gasteiger partial charge in [0.15, 0.2) is 0 Å². The summed E-state index contributed by atoms with van der Waals surface area (Å²) in [5, 5.41) is 3.06. The minimum atomic E-state index is 0.00706. The van der Waals surface area contributed by atoms with E-state index in [1.54, 1.807) is 0 Å². The number of hydrogen-bond donors (Lipinski definition) is 1. The molecule has 138 valence electrons. The summed E-state index contributed by atoms with van der Waals surface area (Å²) in [5.41, 5.74) is 4.29. The van der Waals surface area contributed by atoms with Crippen molar-refractivity contribution in [2.45, 2.75) is 13.3 Å². The van der Waals surface area contributed by atoms with Crippen LogP contribution in [0.5, 0.6) is 0 Å². The number of piperazine rings is 1. The highest BCUT2D eigenvalue weighted by molar-refractivity contribution is 5.95. The van der Waals surface area contributed by atoms with Gasteiger partial charge in [-0.3, -0.25) is 9.69 Å². The molecule has 0 aromatic heterocycles. The summed E-state index contributed by atoms with van der Waals surface area (Å²) in [6.07, 6.45) is 1.01. The Bertz CT molecular complexity index is 736. The van der Waals surface area contributed by atoms with E-state index in [2.05, 4.69) is 59.4 Å². The summed E-state index contributed by atoms with van der Waals surface area (Å²) in [5.74, 6) is 0.00706. The van der Waals surface area contributed by atoms with E-state index in [1.807, 2.05) is 18.2 Å². The van der Waals surface area contributed by atoms with E-state index in [4.69, 9.17) is 0 Å². The summed E-state index contributed by atoms with van der Waals surface area (Å²) in [7, 11) is 2.16. The predicted molar refractivity (Wildman–Crippen MR) is 108 cm³/mol. The number of hydrogen-bond acceptors (Lipinski definition) is 3. The lowest BCUT2D eigenvalue weighted by atomic mass is 10.00. The second-order valence-corrected chi connectivity index (χ2v) is 7.04. The van der Waals surface area contributed by atoms with Gasteiger partial charge in [-0.05, 0) is 42.3 Å². The van der Waals surface area contributed by atoms with Gasteiger partial charge in [0.05, 0.1) is 0 Å². The fraction of sp³-hybridized carbons (Fsp3) is 0.409. The smallest absolute Gasteiger partial charge is 0.251 e. The number of nitrogens with one attached hydrogen (secondary N) is 1. The van der Waals surface area contributed by atoms with Gasteiger partial charge < -0.3 is 10.2 Å². The second-order valence-electron chi connectivity index (χ2n) is 7.04. The van der Waals surface area contributed by atoms with Crippen molar-refractivity contribution in [1.82, 2.24) is 15.1 Å². The number of carbonyl (C=O) groups excluding carboxylic acids is 1. The molecule has 4 nitrogen and oxygen atoms in total. The molecule has 0 saturated carbocycles. The Morgan fingerprint density at radius 2 is 1.69 bits per heavy atom. The molecule has 1 aliphatic heterocycles. The third-order valence-corrected chi connectivity index (χ3v) is 5.10. The lowest BCUT2D eigenvalue weighted by Gasteiger charge is -2.32. The molecule has 1 amide bonds. The first-order valence-electron chi connectivity index (χ1n) is 9.54. The van der Waals surface area contributed by atoms with Crippen LogP contribution >= 0.6 is 0 Å². The average Bonchev–Trinajstić information content (AvgIpc) is 2.69. The molecule has 0 aliphatic carbocycles. The molecule has 0 atom stereocenters. The average molecular weight is 351 g/mol. The SMILES string of the molecule is CCc1cccc(-c2cccc(C(=O)NCCN3CCN(C)CC3)c2)c1. The zero-order valence-corrected chi connectivity index (χ0v) is 15.9. The van der Waals surface area contributed by atoms with Crippen LogP contribution in [0.3, 0.4) is 0 Å². The van der Waals surface area contributed by atoms with E-state index >= 15 is 0 Å². The molecule has 1 fully saturated rings. The van der Waals surface area contributed by atoms with E-state index in [1.165, 1.54) is 5.56 Å². The fourth-order valence-corrected chi connectivity index (χ4v) is 3.31. The summed E-state index contributed by atoms with van der Waals surface area (Å²) < 4.78 is 0. The molecule has 1 aliphatic rings. The van der Waals surface area contributed by atoms with Crippen LogP contribution < -0.4 is 5.32 Å². The van der Waals surface area contributed by atoms with Crippen molar-refractivity contribution in [2.24, 2.45) is 0 Å². The van der Waals surface area contributed by atoms with Gasteiger partial charge >= 0.3 is 0 Å². The van der Waals surface area contributed by atoms with Gasteiger partial charge in [0.2, 0.25) is 0 Å². The number of likely N-dealkylation sites (N-methyl/N-ethyl adjacent to an activating group) is 1. The van der Waals surface area contributed by atoms with Crippen LogP contribution in [-0.2, 0) is 6.42 Å². The van der Waals surface area contributed by atoms with Crippen LogP contribution in [0.4, 0.5) is 0 Å². The number of amides is 1. The van der Waals surface area contributed by atoms with Gasteiger partial charge in [-0.2, -0.15) is 0 Å². The van der Waals surface area contributed by atoms with E-state index in [9.17, 15) is 4.79 Å². The molecular formula is C22H29N3O. The monoisotopic (exact) mass is 351 g/mol. The molecule has 2 aromatic carbocycles. The minimum absolute atomic E-state index is 0.00706. The van der Waals surface area contributed by atoms with Crippen LogP contribution in [0, 0.1) is 0 Å². The van der Waals surface area contributed by atoms with Crippen LogP contribution in [0.1, 0.15) is 22.8 Å². The quantitative estimate of drug-likeness (QED) is 0.869. The Kier molecular flexibility index (Phi) is 6.42. The molecule has 0 bridgehead atoms. The van der Waals surface area contributed by atoms with Crippen molar-refractivity contribution in [2.75, 3.05) is 46.3 Å². The minimum Gasteiger partial charge on any atom is -0.351 e. The third kappa shape index (κ3) is 4.93. The van der Waals surface area contributed by atoms with Gasteiger partial charge in [0.1, 0.15) is 0 Å². The van der Waals surface area contributed by atoms with Crippen molar-refractivity contribution >= 4 is 5.91 Å². The fourth-order valence-electron chi connectivity index (χ4n) is 3.31. The lowest BCUT2D eigenvalue weighted by molar-refractivity contribution is 0.0941. The number of benzene rings is 2. The standard InChI is InChI=1S/C22H29N3O/c1-3-18-6-4-7-19(16-18)20-8-5-9-21(17-20)22(26)23-10-11-25-14-12-24(2)13-15-25/h4-9,16-17H,3,10-15H2,1-2H3,(H,23,26). The topological polar surface area (TPSA) is 35.6 Å². The van der Waals surface area contributed by atoms with Gasteiger partial charge in [0.25, 0.3) is 5.91 Å². The Hall–Kier alpha value is -2.17. The molecule has 26 heavy (non-hydrogen) atoms. The van der Waals surface area contributed by atoms with Crippen molar-refractivity contribution in [3.63, 3.8) is 0 Å². The number of carbonyl (C=O) groups is 1. The Morgan fingerprint density at radius 3 is 2.42 bits per heavy atom. The molecule has 4 heteroatoms. The molecule has 2 aromatic rings. The summed E-state index contributed by atoms with van der Waals surface area (Å²) >= 11 is 0. The molecular weight excluding hydrogens is 322 g/mol. The molecule has 1 saturated heterocycles. The van der Waals surface area contributed by atoms with Crippen molar-refractivity contribution in [3.8, 4) is 11.1 Å². The molecule has 0 unspecified atom stereocenters. The Balaban J connectivity index is 1.57. The number of nitrogens with zero attached hydrogens (tertiary/aromatic N) is 2. The number of rotatable bonds is 6. The normalized spacial score (nSPS) is 15.8. The maximum atomic E-state index is 12.5. The lowest BCUT2D eigenvalue weighted by Crippen LogP contribution is -2.46. The van der Waals surface area contributed by atoms with Gasteiger partial charge in [0, 0.05) is 44.8 Å². The van der Waals surface area contributed by atoms with Gasteiger partial charge in [-0.25, -0.2) is 0 Å². The Morgan fingerprint density at radius 1 is 1.00 bits per heavy atom. The highest BCUT2D eigenvalue weighted by Crippen LogP contribution is 2.22. The molecule has 0 radical (unpaired) electrons. The van der Waals surface area contributed by atoms with Crippen molar-refractivity contribution in [1.29, 1.82) is 0 Å². The summed E-state index contributed by atoms with van der Waals surface area (Å²) in [6, 6.07) is 16.4. The zero-order chi connectivity index (χ0) is 18.4. The Labute approximate surface area is 156 Å². The van der Waals surface area contributed by atoms with E-state index in [0.29, 0.717) is 6.54 Å². The van der Waals surface area contributed by atoms with E-state index < -0.39 is 0 Å². The van der Waals surface area contributed by atoms with Crippen LogP contribution in [0.15, 0.2) is 48.5 Å². The first-order valence-corrected chi connectivity index (χ1v) is 9.54. The van der Waals surface area contributed by atoms with Crippen molar-refractivity contribution < 1.29 is 4.79 Å². The second kappa shape index (κ2) is 8.97. The maximum absolute atomic E-state index is 12.5. The predicted octanol–water partition coefficient (Wildman–Crippen LogP) is 2.89. The summed E-state index contributed by atoms with van der Waals surface area (Å²) in [6.45, 7) is 8.13. The van der Waals surface area contributed by atoms with Crippen LogP contribution in [-0.4, -0.2) is 62.0 Å². The van der Waals surface area contributed by atoms with E-state index in [0.717, 1.165) is 55.8 Å². The molecule has 0 spiro atoms. The maximum Gasteiger partial charge on any atom is 0.251 e. The van der Waals surface area contributed by atoms with Crippen LogP contribution in [0.25, 0.3) is 11.1 Å². The van der Waals surface area contributed by atoms with Gasteiger partial charge in [-0.15, -0.1) is 0 Å². The zero-order valence-electron chi connectivity index (χ0n) is 15.9. The summed E-state index contributed by atoms with van der Waals surface area (Å²) in [4.78, 5) is 17.3. The third-order valence-electron chi connectivity index (χ3n) is 5.10. The van der Waals surface area contributed by atoms with Crippen LogP contribution in [0.2, 0.25) is 0 Å². The molecule has 1 heterocycles.